The van der Waals surface area contributed by atoms with Crippen molar-refractivity contribution in [3.63, 3.8) is 0 Å². The monoisotopic (exact) mass is 303 g/mol. The molecule has 1 aliphatic carbocycles. The van der Waals surface area contributed by atoms with Crippen LogP contribution in [0.5, 0.6) is 0 Å². The van der Waals surface area contributed by atoms with Gasteiger partial charge in [-0.25, -0.2) is 4.79 Å². The van der Waals surface area contributed by atoms with E-state index in [2.05, 4.69) is 0 Å². The first kappa shape index (κ1) is 12.9. The van der Waals surface area contributed by atoms with Gasteiger partial charge in [0.2, 0.25) is 5.43 Å². The summed E-state index contributed by atoms with van der Waals surface area (Å²) in [5.41, 5.74) is 1.31. The second-order valence-corrected chi connectivity index (χ2v) is 6.31. The fraction of sp³-hybridized carbons (Fsp3) is 0.375. The van der Waals surface area contributed by atoms with Crippen molar-refractivity contribution in [3.8, 4) is 0 Å². The van der Waals surface area contributed by atoms with Crippen molar-refractivity contribution in [2.24, 2.45) is 0 Å². The maximum absolute atomic E-state index is 12.4. The molecule has 2 aromatic rings. The van der Waals surface area contributed by atoms with Crippen LogP contribution in [0.4, 0.5) is 0 Å². The van der Waals surface area contributed by atoms with Gasteiger partial charge < -0.3 is 9.67 Å². The van der Waals surface area contributed by atoms with E-state index in [1.807, 2.05) is 4.57 Å². The molecule has 2 unspecified atom stereocenters. The lowest BCUT2D eigenvalue weighted by Gasteiger charge is -2.27. The molecule has 1 aromatic carbocycles. The number of aromatic nitrogens is 1. The summed E-state index contributed by atoms with van der Waals surface area (Å²) in [4.78, 5) is 23.7. The molecule has 0 radical (unpaired) electrons. The third-order valence-corrected chi connectivity index (χ3v) is 5.20. The maximum Gasteiger partial charge on any atom is 0.341 e. The molecule has 0 amide bonds. The number of hydrogen-bond acceptors (Lipinski definition) is 2. The Kier molecular flexibility index (Phi) is 2.67. The second kappa shape index (κ2) is 4.34. The summed E-state index contributed by atoms with van der Waals surface area (Å²) in [5.74, 6) is -0.861. The Hall–Kier alpha value is -1.81. The molecular weight excluding hydrogens is 290 g/mol. The lowest BCUT2D eigenvalue weighted by atomic mass is 9.82. The average Bonchev–Trinajstić information content (AvgIpc) is 2.80. The quantitative estimate of drug-likeness (QED) is 0.876. The molecule has 4 rings (SSSR count). The number of benzene rings is 1. The Morgan fingerprint density at radius 1 is 1.29 bits per heavy atom. The largest absolute Gasteiger partial charge is 0.477 e. The molecule has 0 saturated heterocycles. The van der Waals surface area contributed by atoms with Crippen molar-refractivity contribution in [3.05, 3.63) is 44.7 Å². The van der Waals surface area contributed by atoms with Crippen molar-refractivity contribution in [2.75, 3.05) is 0 Å². The normalized spacial score (nSPS) is 23.3. The highest BCUT2D eigenvalue weighted by Gasteiger charge is 2.38. The Morgan fingerprint density at radius 3 is 2.81 bits per heavy atom. The van der Waals surface area contributed by atoms with Crippen LogP contribution in [0.3, 0.4) is 0 Å². The number of rotatable bonds is 1. The van der Waals surface area contributed by atoms with E-state index in [0.29, 0.717) is 16.3 Å². The minimum Gasteiger partial charge on any atom is -0.477 e. The van der Waals surface area contributed by atoms with E-state index in [1.54, 1.807) is 12.1 Å². The molecule has 1 saturated carbocycles. The summed E-state index contributed by atoms with van der Waals surface area (Å²) in [6.45, 7) is 0. The first-order valence-corrected chi connectivity index (χ1v) is 7.58. The predicted molar refractivity (Wildman–Crippen MR) is 80.4 cm³/mol. The van der Waals surface area contributed by atoms with Crippen LogP contribution in [0, 0.1) is 0 Å². The van der Waals surface area contributed by atoms with Crippen molar-refractivity contribution in [1.29, 1.82) is 0 Å². The van der Waals surface area contributed by atoms with Crippen LogP contribution in [-0.4, -0.2) is 15.6 Å². The first-order chi connectivity index (χ1) is 10.1. The van der Waals surface area contributed by atoms with Crippen molar-refractivity contribution < 1.29 is 9.90 Å². The van der Waals surface area contributed by atoms with Gasteiger partial charge in [0, 0.05) is 34.1 Å². The van der Waals surface area contributed by atoms with Gasteiger partial charge >= 0.3 is 5.97 Å². The molecule has 21 heavy (non-hydrogen) atoms. The SMILES string of the molecule is O=C(O)c1cn2c3c(c(Cl)ccc3c1=O)C1CCCCC12. The highest BCUT2D eigenvalue weighted by Crippen LogP contribution is 2.51. The summed E-state index contributed by atoms with van der Waals surface area (Å²) in [7, 11) is 0. The number of pyridine rings is 1. The maximum atomic E-state index is 12.4. The molecule has 1 aliphatic heterocycles. The Bertz CT molecular complexity index is 840. The molecule has 108 valence electrons. The van der Waals surface area contributed by atoms with E-state index in [-0.39, 0.29) is 11.6 Å². The number of nitrogens with zero attached hydrogens (tertiary/aromatic N) is 1. The van der Waals surface area contributed by atoms with Gasteiger partial charge in [-0.3, -0.25) is 4.79 Å². The van der Waals surface area contributed by atoms with E-state index in [1.165, 1.54) is 6.20 Å². The zero-order chi connectivity index (χ0) is 14.7. The number of carbonyl (C=O) groups is 1. The predicted octanol–water partition coefficient (Wildman–Crippen LogP) is 3.57. The van der Waals surface area contributed by atoms with E-state index < -0.39 is 11.4 Å². The molecule has 2 heterocycles. The molecule has 1 N–H and O–H groups in total. The van der Waals surface area contributed by atoms with Crippen LogP contribution in [0.1, 0.15) is 53.6 Å². The molecule has 0 spiro atoms. The van der Waals surface area contributed by atoms with Crippen molar-refractivity contribution in [1.82, 2.24) is 4.57 Å². The molecule has 2 atom stereocenters. The lowest BCUT2D eigenvalue weighted by molar-refractivity contribution is 0.0694. The van der Waals surface area contributed by atoms with E-state index in [4.69, 9.17) is 11.6 Å². The highest BCUT2D eigenvalue weighted by molar-refractivity contribution is 6.32. The fourth-order valence-electron chi connectivity index (χ4n) is 4.00. The first-order valence-electron chi connectivity index (χ1n) is 7.20. The molecule has 1 aromatic heterocycles. The summed E-state index contributed by atoms with van der Waals surface area (Å²) in [5, 5.41) is 10.4. The number of fused-ring (bicyclic) bond motifs is 3. The zero-order valence-electron chi connectivity index (χ0n) is 11.3. The van der Waals surface area contributed by atoms with Gasteiger partial charge in [0.15, 0.2) is 0 Å². The Morgan fingerprint density at radius 2 is 2.05 bits per heavy atom. The van der Waals surface area contributed by atoms with E-state index >= 15 is 0 Å². The summed E-state index contributed by atoms with van der Waals surface area (Å²) >= 11 is 6.38. The van der Waals surface area contributed by atoms with Crippen molar-refractivity contribution in [2.45, 2.75) is 37.6 Å². The lowest BCUT2D eigenvalue weighted by Crippen LogP contribution is -2.20. The van der Waals surface area contributed by atoms with Gasteiger partial charge in [-0.2, -0.15) is 0 Å². The van der Waals surface area contributed by atoms with Crippen LogP contribution >= 0.6 is 11.6 Å². The smallest absolute Gasteiger partial charge is 0.341 e. The molecule has 5 heteroatoms. The highest BCUT2D eigenvalue weighted by atomic mass is 35.5. The number of halogens is 1. The summed E-state index contributed by atoms with van der Waals surface area (Å²) in [6, 6.07) is 3.62. The van der Waals surface area contributed by atoms with Gasteiger partial charge in [-0.15, -0.1) is 0 Å². The topological polar surface area (TPSA) is 59.3 Å². The van der Waals surface area contributed by atoms with E-state index in [9.17, 15) is 14.7 Å². The van der Waals surface area contributed by atoms with Gasteiger partial charge in [-0.1, -0.05) is 24.4 Å². The Labute approximate surface area is 126 Å². The molecular formula is C16H14ClNO3. The van der Waals surface area contributed by atoms with Crippen LogP contribution in [0.25, 0.3) is 10.9 Å². The van der Waals surface area contributed by atoms with Gasteiger partial charge in [0.1, 0.15) is 5.56 Å². The summed E-state index contributed by atoms with van der Waals surface area (Å²) in [6.07, 6.45) is 5.85. The number of aromatic carboxylic acids is 1. The molecule has 2 aliphatic rings. The molecule has 0 bridgehead atoms. The van der Waals surface area contributed by atoms with Crippen LogP contribution in [0.2, 0.25) is 5.02 Å². The van der Waals surface area contributed by atoms with Crippen LogP contribution < -0.4 is 5.43 Å². The standard InChI is InChI=1S/C16H14ClNO3/c17-11-6-5-9-14-13(11)8-3-1-2-4-12(8)18(14)7-10(15(9)19)16(20)21/h5-8,12H,1-4H2,(H,20,21). The van der Waals surface area contributed by atoms with Crippen LogP contribution in [-0.2, 0) is 0 Å². The fourth-order valence-corrected chi connectivity index (χ4v) is 4.29. The van der Waals surface area contributed by atoms with Gasteiger partial charge in [0.25, 0.3) is 0 Å². The Balaban J connectivity index is 2.14. The zero-order valence-corrected chi connectivity index (χ0v) is 12.1. The minimum absolute atomic E-state index is 0.151. The van der Waals surface area contributed by atoms with Crippen LogP contribution in [0.15, 0.2) is 23.1 Å². The van der Waals surface area contributed by atoms with Crippen molar-refractivity contribution >= 4 is 28.5 Å². The molecule has 4 nitrogen and oxygen atoms in total. The average molecular weight is 304 g/mol. The third-order valence-electron chi connectivity index (χ3n) is 4.87. The number of hydrogen-bond donors (Lipinski definition) is 1. The number of carboxylic acid groups (broad SMARTS) is 1. The summed E-state index contributed by atoms with van der Waals surface area (Å²) < 4.78 is 1.99. The minimum atomic E-state index is -1.17. The van der Waals surface area contributed by atoms with E-state index in [0.717, 1.165) is 36.8 Å². The molecule has 1 fully saturated rings. The third kappa shape index (κ3) is 1.62. The van der Waals surface area contributed by atoms with Gasteiger partial charge in [-0.05, 0) is 25.0 Å². The van der Waals surface area contributed by atoms with Gasteiger partial charge in [0.05, 0.1) is 5.52 Å². The number of carboxylic acids is 1. The second-order valence-electron chi connectivity index (χ2n) is 5.90.